The lowest BCUT2D eigenvalue weighted by atomic mass is 9.95. The third-order valence-corrected chi connectivity index (χ3v) is 6.13. The van der Waals surface area contributed by atoms with Crippen LogP contribution in [0.1, 0.15) is 28.9 Å². The zero-order valence-corrected chi connectivity index (χ0v) is 20.9. The number of oxazole rings is 1. The maximum Gasteiger partial charge on any atom is 0.335 e. The lowest BCUT2D eigenvalue weighted by Gasteiger charge is -2.27. The van der Waals surface area contributed by atoms with Crippen LogP contribution in [0.15, 0.2) is 75.4 Å². The molecule has 0 radical (unpaired) electrons. The predicted molar refractivity (Wildman–Crippen MR) is 140 cm³/mol. The highest BCUT2D eigenvalue weighted by molar-refractivity contribution is 6.35. The zero-order valence-electron chi connectivity index (χ0n) is 19.4. The van der Waals surface area contributed by atoms with Gasteiger partial charge in [-0.3, -0.25) is 10.1 Å². The van der Waals surface area contributed by atoms with E-state index in [0.717, 1.165) is 0 Å². The molecule has 38 heavy (non-hydrogen) atoms. The molecule has 0 bridgehead atoms. The molecule has 1 unspecified atom stereocenters. The number of benzene rings is 2. The second-order valence-corrected chi connectivity index (χ2v) is 9.00. The first kappa shape index (κ1) is 25.2. The number of nitrogens with one attached hydrogen (secondary N) is 3. The molecule has 4 aromatic rings. The number of hydrogen-bond acceptors (Lipinski definition) is 8. The van der Waals surface area contributed by atoms with Crippen molar-refractivity contribution in [2.75, 3.05) is 10.6 Å². The van der Waals surface area contributed by atoms with Gasteiger partial charge in [0.2, 0.25) is 5.96 Å². The molecule has 3 heterocycles. The highest BCUT2D eigenvalue weighted by Crippen LogP contribution is 2.36. The van der Waals surface area contributed by atoms with Crippen molar-refractivity contribution >= 4 is 64.0 Å². The Hall–Kier alpha value is -4.48. The molecule has 1 aliphatic rings. The minimum absolute atomic E-state index is 0.0391. The maximum absolute atomic E-state index is 13.6. The molecule has 0 saturated heterocycles. The van der Waals surface area contributed by atoms with Gasteiger partial charge in [-0.2, -0.15) is 4.98 Å². The van der Waals surface area contributed by atoms with Gasteiger partial charge in [0.05, 0.1) is 11.1 Å². The third kappa shape index (κ3) is 5.15. The van der Waals surface area contributed by atoms with Crippen LogP contribution in [-0.2, 0) is 4.79 Å². The van der Waals surface area contributed by atoms with Gasteiger partial charge in [0.25, 0.3) is 5.91 Å². The Morgan fingerprint density at radius 1 is 1.13 bits per heavy atom. The monoisotopic (exact) mass is 554 g/mol. The van der Waals surface area contributed by atoms with E-state index in [1.165, 1.54) is 42.6 Å². The number of pyridine rings is 1. The van der Waals surface area contributed by atoms with E-state index in [1.807, 2.05) is 0 Å². The van der Waals surface area contributed by atoms with Crippen molar-refractivity contribution in [3.63, 3.8) is 0 Å². The number of rotatable bonds is 5. The van der Waals surface area contributed by atoms with E-state index in [0.29, 0.717) is 21.8 Å². The first-order valence-corrected chi connectivity index (χ1v) is 11.8. The molecule has 10 nitrogen and oxygen atoms in total. The summed E-state index contributed by atoms with van der Waals surface area (Å²) in [7, 11) is 0. The molecule has 192 valence electrons. The number of anilines is 2. The number of nitrogens with zero attached hydrogens (tertiary/aromatic N) is 3. The summed E-state index contributed by atoms with van der Waals surface area (Å²) in [5.74, 6) is -1.98. The van der Waals surface area contributed by atoms with Crippen molar-refractivity contribution in [2.24, 2.45) is 4.99 Å². The third-order valence-electron chi connectivity index (χ3n) is 5.57. The SMILES string of the molecule is CC1=C(C(=O)Nc2cc(C(=O)O)ccn2)C(c2ccc(Cl)cc2Cl)N=C(Nc2nc3ccc(F)cc3o2)N1. The Morgan fingerprint density at radius 2 is 1.95 bits per heavy atom. The van der Waals surface area contributed by atoms with Gasteiger partial charge < -0.3 is 20.2 Å². The molecule has 1 aliphatic heterocycles. The molecule has 2 aromatic heterocycles. The summed E-state index contributed by atoms with van der Waals surface area (Å²) in [4.78, 5) is 37.7. The zero-order chi connectivity index (χ0) is 27.0. The number of carboxylic acids is 1. The van der Waals surface area contributed by atoms with E-state index in [2.05, 4.69) is 30.9 Å². The van der Waals surface area contributed by atoms with Gasteiger partial charge in [-0.25, -0.2) is 19.2 Å². The van der Waals surface area contributed by atoms with Crippen molar-refractivity contribution in [3.8, 4) is 0 Å². The average molecular weight is 555 g/mol. The van der Waals surface area contributed by atoms with Gasteiger partial charge >= 0.3 is 12.0 Å². The van der Waals surface area contributed by atoms with Crippen LogP contribution in [0.2, 0.25) is 10.0 Å². The Bertz CT molecular complexity index is 1670. The smallest absolute Gasteiger partial charge is 0.335 e. The normalized spacial score (nSPS) is 15.2. The summed E-state index contributed by atoms with van der Waals surface area (Å²) in [6.45, 7) is 1.66. The van der Waals surface area contributed by atoms with Crippen molar-refractivity contribution in [3.05, 3.63) is 93.0 Å². The topological polar surface area (TPSA) is 142 Å². The number of amides is 1. The number of allylic oxidation sites excluding steroid dienone is 1. The molecular formula is C25H17Cl2FN6O4. The van der Waals surface area contributed by atoms with Crippen LogP contribution >= 0.6 is 23.2 Å². The van der Waals surface area contributed by atoms with Crippen LogP contribution in [0.3, 0.4) is 0 Å². The summed E-state index contributed by atoms with van der Waals surface area (Å²) in [6.07, 6.45) is 1.28. The molecule has 2 aromatic carbocycles. The number of aromatic nitrogens is 2. The molecule has 13 heteroatoms. The predicted octanol–water partition coefficient (Wildman–Crippen LogP) is 5.39. The van der Waals surface area contributed by atoms with Crippen LogP contribution in [0.4, 0.5) is 16.2 Å². The van der Waals surface area contributed by atoms with E-state index in [4.69, 9.17) is 27.6 Å². The van der Waals surface area contributed by atoms with Crippen molar-refractivity contribution in [1.29, 1.82) is 0 Å². The molecular weight excluding hydrogens is 538 g/mol. The summed E-state index contributed by atoms with van der Waals surface area (Å²) in [5.41, 5.74) is 1.72. The molecule has 0 fully saturated rings. The van der Waals surface area contributed by atoms with Gasteiger partial charge in [-0.15, -0.1) is 0 Å². The largest absolute Gasteiger partial charge is 0.478 e. The number of carbonyl (C=O) groups excluding carboxylic acids is 1. The summed E-state index contributed by atoms with van der Waals surface area (Å²) < 4.78 is 19.1. The fourth-order valence-electron chi connectivity index (χ4n) is 3.85. The van der Waals surface area contributed by atoms with Crippen molar-refractivity contribution in [1.82, 2.24) is 15.3 Å². The molecule has 1 atom stereocenters. The number of aliphatic imine (C=N–C) groups is 1. The highest BCUT2D eigenvalue weighted by atomic mass is 35.5. The standard InChI is InChI=1S/C25H17Cl2FN6O4/c1-11-20(22(35)32-19-8-12(23(36)37)6-7-29-19)21(15-4-2-13(26)9-16(15)27)33-24(30-11)34-25-31-17-5-3-14(28)10-18(17)38-25/h2-10,21H,1H3,(H,36,37)(H,29,32,35)(H2,30,31,33,34). The van der Waals surface area contributed by atoms with Crippen LogP contribution in [0, 0.1) is 5.82 Å². The molecule has 0 aliphatic carbocycles. The van der Waals surface area contributed by atoms with Gasteiger partial charge in [0.15, 0.2) is 5.58 Å². The molecule has 5 rings (SSSR count). The Morgan fingerprint density at radius 3 is 2.71 bits per heavy atom. The van der Waals surface area contributed by atoms with Gasteiger partial charge in [0.1, 0.15) is 23.2 Å². The van der Waals surface area contributed by atoms with E-state index >= 15 is 0 Å². The second-order valence-electron chi connectivity index (χ2n) is 8.15. The average Bonchev–Trinajstić information content (AvgIpc) is 3.25. The Kier molecular flexibility index (Phi) is 6.70. The van der Waals surface area contributed by atoms with E-state index < -0.39 is 23.7 Å². The fraction of sp³-hybridized carbons (Fsp3) is 0.0800. The number of carbonyl (C=O) groups is 2. The number of halogens is 3. The first-order chi connectivity index (χ1) is 18.2. The molecule has 0 spiro atoms. The van der Waals surface area contributed by atoms with Crippen LogP contribution in [-0.4, -0.2) is 32.9 Å². The quantitative estimate of drug-likeness (QED) is 0.257. The van der Waals surface area contributed by atoms with Crippen LogP contribution in [0.5, 0.6) is 0 Å². The first-order valence-electron chi connectivity index (χ1n) is 11.0. The summed E-state index contributed by atoms with van der Waals surface area (Å²) in [5, 5.41) is 18.4. The highest BCUT2D eigenvalue weighted by Gasteiger charge is 2.31. The summed E-state index contributed by atoms with van der Waals surface area (Å²) >= 11 is 12.6. The number of hydrogen-bond donors (Lipinski definition) is 4. The van der Waals surface area contributed by atoms with E-state index in [1.54, 1.807) is 19.1 Å². The number of guanidine groups is 1. The molecule has 1 amide bonds. The van der Waals surface area contributed by atoms with Crippen molar-refractivity contribution in [2.45, 2.75) is 13.0 Å². The minimum Gasteiger partial charge on any atom is -0.478 e. The minimum atomic E-state index is -1.16. The van der Waals surface area contributed by atoms with E-state index in [-0.39, 0.29) is 39.5 Å². The van der Waals surface area contributed by atoms with Crippen LogP contribution < -0.4 is 16.0 Å². The number of carboxylic acid groups (broad SMARTS) is 1. The molecule has 0 saturated carbocycles. The Labute approximate surface area is 224 Å². The van der Waals surface area contributed by atoms with Gasteiger partial charge in [-0.1, -0.05) is 29.3 Å². The second kappa shape index (κ2) is 10.1. The fourth-order valence-corrected chi connectivity index (χ4v) is 4.36. The Balaban J connectivity index is 1.50. The summed E-state index contributed by atoms with van der Waals surface area (Å²) in [6, 6.07) is 10.4. The number of aromatic carboxylic acids is 1. The van der Waals surface area contributed by atoms with Gasteiger partial charge in [-0.05, 0) is 43.3 Å². The van der Waals surface area contributed by atoms with Gasteiger partial charge in [0, 0.05) is 33.6 Å². The van der Waals surface area contributed by atoms with Crippen LogP contribution in [0.25, 0.3) is 11.1 Å². The van der Waals surface area contributed by atoms with Crippen molar-refractivity contribution < 1.29 is 23.5 Å². The maximum atomic E-state index is 13.6. The lowest BCUT2D eigenvalue weighted by molar-refractivity contribution is -0.113. The lowest BCUT2D eigenvalue weighted by Crippen LogP contribution is -2.37. The number of fused-ring (bicyclic) bond motifs is 1. The van der Waals surface area contributed by atoms with E-state index in [9.17, 15) is 19.1 Å². The molecule has 4 N–H and O–H groups in total.